The fourth-order valence-corrected chi connectivity index (χ4v) is 5.17. The lowest BCUT2D eigenvalue weighted by atomic mass is 9.96. The number of ether oxygens (including phenoxy) is 2. The number of hydrogen-bond acceptors (Lipinski definition) is 9. The van der Waals surface area contributed by atoms with E-state index in [1.807, 2.05) is 0 Å². The molecule has 204 valence electrons. The van der Waals surface area contributed by atoms with Gasteiger partial charge in [-0.05, 0) is 62.7 Å². The quantitative estimate of drug-likeness (QED) is 0.336. The monoisotopic (exact) mass is 539 g/mol. The van der Waals surface area contributed by atoms with Crippen LogP contribution in [0.2, 0.25) is 0 Å². The first-order valence-electron chi connectivity index (χ1n) is 13.4. The number of fused-ring (bicyclic) bond motifs is 1. The van der Waals surface area contributed by atoms with Gasteiger partial charge in [-0.3, -0.25) is 9.88 Å². The van der Waals surface area contributed by atoms with Crippen molar-refractivity contribution in [3.63, 3.8) is 0 Å². The van der Waals surface area contributed by atoms with Crippen molar-refractivity contribution >= 4 is 17.0 Å². The molecule has 4 aromatic rings. The van der Waals surface area contributed by atoms with E-state index >= 15 is 0 Å². The molecule has 3 aromatic heterocycles. The van der Waals surface area contributed by atoms with E-state index in [0.29, 0.717) is 24.5 Å². The van der Waals surface area contributed by atoms with Gasteiger partial charge in [-0.1, -0.05) is 0 Å². The number of pyridine rings is 1. The zero-order chi connectivity index (χ0) is 27.5. The minimum absolute atomic E-state index is 0.134. The number of carbonyl (C=O) groups is 1. The van der Waals surface area contributed by atoms with E-state index in [4.69, 9.17) is 19.7 Å². The highest BCUT2D eigenvalue weighted by atomic mass is 16.5. The van der Waals surface area contributed by atoms with Crippen molar-refractivity contribution in [3.8, 4) is 11.9 Å². The average molecular weight is 540 g/mol. The van der Waals surface area contributed by atoms with Gasteiger partial charge < -0.3 is 19.1 Å². The highest BCUT2D eigenvalue weighted by molar-refractivity contribution is 5.92. The van der Waals surface area contributed by atoms with Crippen LogP contribution in [0.3, 0.4) is 0 Å². The summed E-state index contributed by atoms with van der Waals surface area (Å²) in [5, 5.41) is 18.4. The van der Waals surface area contributed by atoms with Gasteiger partial charge in [0.25, 0.3) is 0 Å². The molecule has 2 fully saturated rings. The van der Waals surface area contributed by atoms with E-state index in [2.05, 4.69) is 30.5 Å². The lowest BCUT2D eigenvalue weighted by Crippen LogP contribution is -2.35. The number of hydrogen-bond donors (Lipinski definition) is 1. The molecule has 0 amide bonds. The molecule has 0 radical (unpaired) electrons. The summed E-state index contributed by atoms with van der Waals surface area (Å²) in [6.07, 6.45) is 6.21. The Balaban J connectivity index is 1.10. The molecule has 6 rings (SSSR count). The van der Waals surface area contributed by atoms with E-state index in [1.165, 1.54) is 6.20 Å². The summed E-state index contributed by atoms with van der Waals surface area (Å²) in [5.74, 6) is 1.50. The third-order valence-electron chi connectivity index (χ3n) is 7.54. The summed E-state index contributed by atoms with van der Waals surface area (Å²) in [6, 6.07) is 12.4. The number of carboxylic acids is 1. The first-order valence-corrected chi connectivity index (χ1v) is 13.4. The Morgan fingerprint density at radius 1 is 1.12 bits per heavy atom. The van der Waals surface area contributed by atoms with Crippen LogP contribution in [0.1, 0.15) is 58.4 Å². The number of benzene rings is 1. The van der Waals surface area contributed by atoms with Crippen molar-refractivity contribution in [1.29, 1.82) is 5.26 Å². The van der Waals surface area contributed by atoms with Gasteiger partial charge in [0.2, 0.25) is 5.88 Å². The minimum Gasteiger partial charge on any atom is -0.478 e. The standard InChI is InChI=1S/C29H29N7O4/c30-14-19-1-3-22(32-15-19)18-40-27-5-9-31-28(34-27)20-6-10-35(11-7-20)17-26-33-24-4-2-21(29(37)38)13-25(24)36(26)16-23-8-12-39-23/h1-5,9,13,15,20,23H,6-8,10-12,16-18H2,(H,37,38)/t23-/m0/s1. The molecular formula is C29H29N7O4. The van der Waals surface area contributed by atoms with Crippen LogP contribution < -0.4 is 4.74 Å². The number of imidazole rings is 1. The largest absolute Gasteiger partial charge is 0.478 e. The predicted molar refractivity (Wildman–Crippen MR) is 144 cm³/mol. The van der Waals surface area contributed by atoms with Crippen LogP contribution in [0.4, 0.5) is 0 Å². The number of aromatic nitrogens is 5. The second-order valence-electron chi connectivity index (χ2n) is 10.2. The molecule has 11 nitrogen and oxygen atoms in total. The van der Waals surface area contributed by atoms with Gasteiger partial charge in [-0.25, -0.2) is 14.8 Å². The second kappa shape index (κ2) is 11.4. The van der Waals surface area contributed by atoms with Crippen LogP contribution in [0.5, 0.6) is 5.88 Å². The Labute approximate surface area is 231 Å². The van der Waals surface area contributed by atoms with Crippen molar-refractivity contribution < 1.29 is 19.4 Å². The van der Waals surface area contributed by atoms with E-state index in [-0.39, 0.29) is 24.2 Å². The summed E-state index contributed by atoms with van der Waals surface area (Å²) in [6.45, 7) is 4.13. The molecule has 1 aromatic carbocycles. The van der Waals surface area contributed by atoms with Crippen LogP contribution in [-0.2, 0) is 24.4 Å². The topological polar surface area (TPSA) is 139 Å². The Morgan fingerprint density at radius 2 is 1.98 bits per heavy atom. The summed E-state index contributed by atoms with van der Waals surface area (Å²) in [5.41, 5.74) is 3.13. The zero-order valence-corrected chi connectivity index (χ0v) is 21.9. The zero-order valence-electron chi connectivity index (χ0n) is 21.9. The molecule has 0 bridgehead atoms. The number of likely N-dealkylation sites (tertiary alicyclic amines) is 1. The Bertz CT molecular complexity index is 1550. The van der Waals surface area contributed by atoms with Gasteiger partial charge in [-0.2, -0.15) is 10.2 Å². The SMILES string of the molecule is N#Cc1ccc(COc2ccnc(C3CCN(Cc4nc5ccc(C(=O)O)cc5n4C[C@@H]4CCO4)CC3)n2)nc1. The number of carboxylic acid groups (broad SMARTS) is 1. The maximum absolute atomic E-state index is 11.6. The lowest BCUT2D eigenvalue weighted by molar-refractivity contribution is -0.0592. The molecule has 5 heterocycles. The number of rotatable bonds is 9. The molecule has 40 heavy (non-hydrogen) atoms. The molecule has 2 saturated heterocycles. The van der Waals surface area contributed by atoms with E-state index in [1.54, 1.807) is 42.6 Å². The Hall–Kier alpha value is -4.40. The molecule has 0 aliphatic carbocycles. The molecule has 2 aliphatic rings. The summed E-state index contributed by atoms with van der Waals surface area (Å²) < 4.78 is 13.7. The van der Waals surface area contributed by atoms with Gasteiger partial charge in [0.1, 0.15) is 24.3 Å². The molecule has 0 saturated carbocycles. The van der Waals surface area contributed by atoms with Gasteiger partial charge in [0.15, 0.2) is 0 Å². The van der Waals surface area contributed by atoms with Crippen molar-refractivity contribution in [1.82, 2.24) is 29.4 Å². The predicted octanol–water partition coefficient (Wildman–Crippen LogP) is 3.54. The van der Waals surface area contributed by atoms with Crippen LogP contribution >= 0.6 is 0 Å². The lowest BCUT2D eigenvalue weighted by Gasteiger charge is -2.32. The highest BCUT2D eigenvalue weighted by Gasteiger charge is 2.26. The van der Waals surface area contributed by atoms with Crippen molar-refractivity contribution in [3.05, 3.63) is 77.3 Å². The Morgan fingerprint density at radius 3 is 2.67 bits per heavy atom. The maximum Gasteiger partial charge on any atom is 0.335 e. The van der Waals surface area contributed by atoms with Crippen LogP contribution in [0.25, 0.3) is 11.0 Å². The fraction of sp³-hybridized carbons (Fsp3) is 0.379. The summed E-state index contributed by atoms with van der Waals surface area (Å²) >= 11 is 0. The first kappa shape index (κ1) is 25.9. The molecule has 11 heteroatoms. The van der Waals surface area contributed by atoms with E-state index < -0.39 is 5.97 Å². The van der Waals surface area contributed by atoms with E-state index in [0.717, 1.165) is 67.3 Å². The molecule has 2 aliphatic heterocycles. The van der Waals surface area contributed by atoms with Crippen LogP contribution in [-0.4, -0.2) is 66.3 Å². The average Bonchev–Trinajstić information content (AvgIpc) is 3.30. The van der Waals surface area contributed by atoms with Gasteiger partial charge in [0.05, 0.1) is 47.0 Å². The van der Waals surface area contributed by atoms with Gasteiger partial charge in [0, 0.05) is 31.0 Å². The van der Waals surface area contributed by atoms with E-state index in [9.17, 15) is 9.90 Å². The smallest absolute Gasteiger partial charge is 0.335 e. The molecule has 0 spiro atoms. The molecular weight excluding hydrogens is 510 g/mol. The number of piperidine rings is 1. The maximum atomic E-state index is 11.6. The fourth-order valence-electron chi connectivity index (χ4n) is 5.17. The second-order valence-corrected chi connectivity index (χ2v) is 10.2. The van der Waals surface area contributed by atoms with Crippen molar-refractivity contribution in [2.75, 3.05) is 19.7 Å². The molecule has 1 atom stereocenters. The Kier molecular flexibility index (Phi) is 7.35. The van der Waals surface area contributed by atoms with Crippen LogP contribution in [0.15, 0.2) is 48.8 Å². The highest BCUT2D eigenvalue weighted by Crippen LogP contribution is 2.29. The normalized spacial score (nSPS) is 17.8. The third kappa shape index (κ3) is 5.64. The number of nitrogens with zero attached hydrogens (tertiary/aromatic N) is 7. The van der Waals surface area contributed by atoms with Crippen molar-refractivity contribution in [2.24, 2.45) is 0 Å². The first-order chi connectivity index (χ1) is 19.6. The molecule has 0 unspecified atom stereocenters. The minimum atomic E-state index is -0.944. The van der Waals surface area contributed by atoms with Crippen LogP contribution in [0, 0.1) is 11.3 Å². The summed E-state index contributed by atoms with van der Waals surface area (Å²) in [4.78, 5) is 32.2. The van der Waals surface area contributed by atoms with Crippen molar-refractivity contribution in [2.45, 2.75) is 51.0 Å². The third-order valence-corrected chi connectivity index (χ3v) is 7.54. The van der Waals surface area contributed by atoms with Gasteiger partial charge >= 0.3 is 5.97 Å². The number of nitriles is 1. The molecule has 1 N–H and O–H groups in total. The van der Waals surface area contributed by atoms with Gasteiger partial charge in [-0.15, -0.1) is 0 Å². The number of aromatic carboxylic acids is 1. The summed E-state index contributed by atoms with van der Waals surface area (Å²) in [7, 11) is 0.